The number of anilines is 1. The Balaban J connectivity index is 1.60. The topological polar surface area (TPSA) is 92.8 Å². The van der Waals surface area contributed by atoms with E-state index in [-0.39, 0.29) is 17.9 Å². The first kappa shape index (κ1) is 19.1. The van der Waals surface area contributed by atoms with Gasteiger partial charge in [0.15, 0.2) is 11.6 Å². The number of carbonyl (C=O) groups excluding carboxylic acids is 1. The van der Waals surface area contributed by atoms with Crippen molar-refractivity contribution in [1.82, 2.24) is 14.8 Å². The maximum Gasteiger partial charge on any atom is 0.225 e. The third-order valence-electron chi connectivity index (χ3n) is 4.22. The largest absolute Gasteiger partial charge is 0.493 e. The summed E-state index contributed by atoms with van der Waals surface area (Å²) in [6, 6.07) is 13.4. The molecule has 2 heterocycles. The van der Waals surface area contributed by atoms with E-state index in [2.05, 4.69) is 15.4 Å². The fourth-order valence-electron chi connectivity index (χ4n) is 2.83. The van der Waals surface area contributed by atoms with Gasteiger partial charge in [0.25, 0.3) is 0 Å². The fourth-order valence-corrected chi connectivity index (χ4v) is 2.83. The van der Waals surface area contributed by atoms with Crippen molar-refractivity contribution in [1.29, 1.82) is 5.26 Å². The highest BCUT2D eigenvalue weighted by Gasteiger charge is 2.15. The first-order valence-corrected chi connectivity index (χ1v) is 8.98. The molecule has 2 aromatic heterocycles. The number of hydrogen-bond acceptors (Lipinski definition) is 5. The minimum atomic E-state index is -0.209. The van der Waals surface area contributed by atoms with Crippen LogP contribution in [0.15, 0.2) is 48.8 Å². The van der Waals surface area contributed by atoms with Gasteiger partial charge >= 0.3 is 0 Å². The van der Waals surface area contributed by atoms with E-state index in [1.54, 1.807) is 18.3 Å². The molecule has 0 aliphatic rings. The van der Waals surface area contributed by atoms with Crippen LogP contribution in [0.5, 0.6) is 5.75 Å². The molecule has 28 heavy (non-hydrogen) atoms. The normalized spacial score (nSPS) is 10.3. The van der Waals surface area contributed by atoms with Crippen LogP contribution in [0.3, 0.4) is 0 Å². The standard InChI is InChI=1S/C21H21N5O2/c1-15-7-5-8-16(2)20(15)28-12-6-10-19(27)25-21-17(13-22)14-24-26(21)18-9-3-4-11-23-18/h3-5,7-9,11,14H,6,10,12H2,1-2H3,(H,25,27). The lowest BCUT2D eigenvalue weighted by Crippen LogP contribution is -2.17. The number of rotatable bonds is 7. The van der Waals surface area contributed by atoms with Gasteiger partial charge in [0, 0.05) is 12.6 Å². The van der Waals surface area contributed by atoms with Gasteiger partial charge in [-0.05, 0) is 43.5 Å². The van der Waals surface area contributed by atoms with Crippen LogP contribution in [0.1, 0.15) is 29.5 Å². The van der Waals surface area contributed by atoms with Crippen LogP contribution < -0.4 is 10.1 Å². The van der Waals surface area contributed by atoms with Gasteiger partial charge in [-0.1, -0.05) is 24.3 Å². The Labute approximate surface area is 163 Å². The Morgan fingerprint density at radius 2 is 2.00 bits per heavy atom. The number of amides is 1. The van der Waals surface area contributed by atoms with Crippen molar-refractivity contribution >= 4 is 11.7 Å². The molecule has 0 aliphatic carbocycles. The van der Waals surface area contributed by atoms with Crippen LogP contribution >= 0.6 is 0 Å². The molecule has 0 saturated heterocycles. The number of aromatic nitrogens is 3. The molecule has 3 aromatic rings. The molecule has 0 atom stereocenters. The van der Waals surface area contributed by atoms with Gasteiger partial charge in [-0.25, -0.2) is 4.98 Å². The zero-order valence-electron chi connectivity index (χ0n) is 15.8. The van der Waals surface area contributed by atoms with Gasteiger partial charge in [-0.2, -0.15) is 15.0 Å². The molecule has 0 aliphatic heterocycles. The van der Waals surface area contributed by atoms with Crippen molar-refractivity contribution in [3.63, 3.8) is 0 Å². The first-order valence-electron chi connectivity index (χ1n) is 8.98. The highest BCUT2D eigenvalue weighted by Crippen LogP contribution is 2.23. The molecule has 1 aromatic carbocycles. The van der Waals surface area contributed by atoms with E-state index in [0.29, 0.717) is 24.7 Å². The van der Waals surface area contributed by atoms with Crippen LogP contribution in [0.25, 0.3) is 5.82 Å². The van der Waals surface area contributed by atoms with E-state index in [1.807, 2.05) is 44.2 Å². The molecular weight excluding hydrogens is 354 g/mol. The highest BCUT2D eigenvalue weighted by atomic mass is 16.5. The molecule has 1 amide bonds. The fraction of sp³-hybridized carbons (Fsp3) is 0.238. The maximum absolute atomic E-state index is 12.4. The molecule has 0 fully saturated rings. The number of nitrogens with one attached hydrogen (secondary N) is 1. The number of nitrogens with zero attached hydrogens (tertiary/aromatic N) is 4. The maximum atomic E-state index is 12.4. The molecule has 0 saturated carbocycles. The Morgan fingerprint density at radius 1 is 1.21 bits per heavy atom. The van der Waals surface area contributed by atoms with E-state index in [4.69, 9.17) is 4.74 Å². The molecule has 7 heteroatoms. The predicted molar refractivity (Wildman–Crippen MR) is 105 cm³/mol. The Bertz CT molecular complexity index is 985. The first-order chi connectivity index (χ1) is 13.6. The molecule has 0 bridgehead atoms. The molecular formula is C21H21N5O2. The molecule has 1 N–H and O–H groups in total. The summed E-state index contributed by atoms with van der Waals surface area (Å²) >= 11 is 0. The van der Waals surface area contributed by atoms with Crippen molar-refractivity contribution in [2.24, 2.45) is 0 Å². The number of benzene rings is 1. The van der Waals surface area contributed by atoms with Gasteiger partial charge < -0.3 is 10.1 Å². The lowest BCUT2D eigenvalue weighted by atomic mass is 10.1. The summed E-state index contributed by atoms with van der Waals surface area (Å²) in [5.74, 6) is 1.50. The number of carbonyl (C=O) groups is 1. The van der Waals surface area contributed by atoms with Gasteiger partial charge in [0.1, 0.15) is 17.4 Å². The zero-order chi connectivity index (χ0) is 19.9. The summed E-state index contributed by atoms with van der Waals surface area (Å²) in [6.07, 6.45) is 3.86. The summed E-state index contributed by atoms with van der Waals surface area (Å²) in [4.78, 5) is 16.6. The van der Waals surface area contributed by atoms with Crippen LogP contribution in [0, 0.1) is 25.2 Å². The molecule has 0 unspecified atom stereocenters. The number of nitriles is 1. The Morgan fingerprint density at radius 3 is 2.68 bits per heavy atom. The number of ether oxygens (including phenoxy) is 1. The molecule has 3 rings (SSSR count). The van der Waals surface area contributed by atoms with Gasteiger partial charge in [-0.15, -0.1) is 0 Å². The number of pyridine rings is 1. The van der Waals surface area contributed by atoms with E-state index in [9.17, 15) is 10.1 Å². The smallest absolute Gasteiger partial charge is 0.225 e. The van der Waals surface area contributed by atoms with Gasteiger partial charge in [0.2, 0.25) is 5.91 Å². The van der Waals surface area contributed by atoms with Crippen LogP contribution in [-0.2, 0) is 4.79 Å². The average molecular weight is 375 g/mol. The second-order valence-corrected chi connectivity index (χ2v) is 6.34. The van der Waals surface area contributed by atoms with Crippen molar-refractivity contribution in [3.8, 4) is 17.6 Å². The monoisotopic (exact) mass is 375 g/mol. The quantitative estimate of drug-likeness (QED) is 0.638. The van der Waals surface area contributed by atoms with Crippen LogP contribution in [0.4, 0.5) is 5.82 Å². The SMILES string of the molecule is Cc1cccc(C)c1OCCCC(=O)Nc1c(C#N)cnn1-c1ccccn1. The van der Waals surface area contributed by atoms with Crippen LogP contribution in [-0.4, -0.2) is 27.3 Å². The molecule has 0 spiro atoms. The number of hydrogen-bond donors (Lipinski definition) is 1. The summed E-state index contributed by atoms with van der Waals surface area (Å²) in [6.45, 7) is 4.43. The average Bonchev–Trinajstić information content (AvgIpc) is 3.10. The van der Waals surface area contributed by atoms with Crippen molar-refractivity contribution in [2.75, 3.05) is 11.9 Å². The second kappa shape index (κ2) is 8.82. The number of aryl methyl sites for hydroxylation is 2. The minimum Gasteiger partial charge on any atom is -0.493 e. The predicted octanol–water partition coefficient (Wildman–Crippen LogP) is 3.55. The lowest BCUT2D eigenvalue weighted by Gasteiger charge is -2.12. The van der Waals surface area contributed by atoms with Gasteiger partial charge in [0.05, 0.1) is 12.8 Å². The van der Waals surface area contributed by atoms with Gasteiger partial charge in [-0.3, -0.25) is 4.79 Å². The second-order valence-electron chi connectivity index (χ2n) is 6.34. The summed E-state index contributed by atoms with van der Waals surface area (Å²) in [5, 5.41) is 16.2. The van der Waals surface area contributed by atoms with E-state index in [0.717, 1.165) is 16.9 Å². The third kappa shape index (κ3) is 4.35. The Kier molecular flexibility index (Phi) is 6.02. The summed E-state index contributed by atoms with van der Waals surface area (Å²) < 4.78 is 7.28. The third-order valence-corrected chi connectivity index (χ3v) is 4.22. The van der Waals surface area contributed by atoms with Crippen molar-refractivity contribution in [3.05, 3.63) is 65.5 Å². The molecule has 7 nitrogen and oxygen atoms in total. The van der Waals surface area contributed by atoms with E-state index < -0.39 is 0 Å². The summed E-state index contributed by atoms with van der Waals surface area (Å²) in [7, 11) is 0. The molecule has 142 valence electrons. The number of para-hydroxylation sites is 1. The lowest BCUT2D eigenvalue weighted by molar-refractivity contribution is -0.116. The Hall–Kier alpha value is -3.66. The van der Waals surface area contributed by atoms with Crippen molar-refractivity contribution < 1.29 is 9.53 Å². The van der Waals surface area contributed by atoms with E-state index >= 15 is 0 Å². The highest BCUT2D eigenvalue weighted by molar-refractivity contribution is 5.91. The molecule has 0 radical (unpaired) electrons. The zero-order valence-corrected chi connectivity index (χ0v) is 15.8. The summed E-state index contributed by atoms with van der Waals surface area (Å²) in [5.41, 5.74) is 2.43. The minimum absolute atomic E-state index is 0.209. The van der Waals surface area contributed by atoms with Crippen LogP contribution in [0.2, 0.25) is 0 Å². The van der Waals surface area contributed by atoms with Crippen molar-refractivity contribution in [2.45, 2.75) is 26.7 Å². The van der Waals surface area contributed by atoms with E-state index in [1.165, 1.54) is 10.9 Å².